The van der Waals surface area contributed by atoms with Gasteiger partial charge in [-0.1, -0.05) is 11.6 Å². The van der Waals surface area contributed by atoms with Crippen molar-refractivity contribution >= 4 is 45.4 Å². The Labute approximate surface area is 227 Å². The van der Waals surface area contributed by atoms with Crippen LogP contribution < -0.4 is 19.1 Å². The number of amides is 1. The maximum absolute atomic E-state index is 12.0. The molecule has 1 aliphatic rings. The van der Waals surface area contributed by atoms with Crippen LogP contribution in [-0.4, -0.2) is 52.5 Å². The molecule has 0 saturated heterocycles. The van der Waals surface area contributed by atoms with Crippen LogP contribution in [0.2, 0.25) is 5.02 Å². The Morgan fingerprint density at radius 2 is 2.05 bits per heavy atom. The van der Waals surface area contributed by atoms with Gasteiger partial charge in [0, 0.05) is 23.5 Å². The lowest BCUT2D eigenvalue weighted by Crippen LogP contribution is -2.43. The molecule has 0 saturated carbocycles. The summed E-state index contributed by atoms with van der Waals surface area (Å²) in [6, 6.07) is 10.7. The van der Waals surface area contributed by atoms with Crippen molar-refractivity contribution in [3.05, 3.63) is 65.1 Å². The zero-order valence-corrected chi connectivity index (χ0v) is 22.0. The van der Waals surface area contributed by atoms with E-state index in [-0.39, 0.29) is 13.2 Å². The summed E-state index contributed by atoms with van der Waals surface area (Å²) in [5, 5.41) is 10.8. The minimum absolute atomic E-state index is 0.0575. The lowest BCUT2D eigenvalue weighted by atomic mass is 10.1. The highest BCUT2D eigenvalue weighted by molar-refractivity contribution is 6.35. The van der Waals surface area contributed by atoms with Crippen LogP contribution in [0.15, 0.2) is 53.2 Å². The fraction of sp³-hybridized carbons (Fsp3) is 0.214. The molecule has 1 N–H and O–H groups in total. The second-order valence-corrected chi connectivity index (χ2v) is 9.64. The fourth-order valence-corrected chi connectivity index (χ4v) is 4.93. The summed E-state index contributed by atoms with van der Waals surface area (Å²) in [6.45, 7) is 3.96. The Kier molecular flexibility index (Phi) is 6.11. The molecule has 4 heterocycles. The Morgan fingerprint density at radius 1 is 1.21 bits per heavy atom. The average molecular weight is 547 g/mol. The van der Waals surface area contributed by atoms with Gasteiger partial charge in [-0.2, -0.15) is 0 Å². The first-order chi connectivity index (χ1) is 18.8. The van der Waals surface area contributed by atoms with Gasteiger partial charge in [-0.3, -0.25) is 9.88 Å². The number of fused-ring (bicyclic) bond motifs is 4. The number of hydrogen-bond donors (Lipinski definition) is 1. The van der Waals surface area contributed by atoms with Gasteiger partial charge in [0.2, 0.25) is 5.88 Å². The molecule has 1 amide bonds. The van der Waals surface area contributed by atoms with Crippen molar-refractivity contribution in [3.63, 3.8) is 0 Å². The van der Waals surface area contributed by atoms with Crippen molar-refractivity contribution in [2.24, 2.45) is 0 Å². The molecule has 0 fully saturated rings. The minimum atomic E-state index is -1.10. The second kappa shape index (κ2) is 9.63. The third-order valence-electron chi connectivity index (χ3n) is 6.43. The third-order valence-corrected chi connectivity index (χ3v) is 6.72. The molecule has 0 unspecified atom stereocenters. The number of rotatable bonds is 5. The summed E-state index contributed by atoms with van der Waals surface area (Å²) in [5.41, 5.74) is 4.72. The first-order valence-electron chi connectivity index (χ1n) is 12.1. The normalized spacial score (nSPS) is 14.5. The SMILES string of the molecule is COc1cnc2c(-c3cc4c5c(cc(Cl)c4o3)O[C@H](CN(C(=O)O)c3ccnc(C)c3)CO5)cc(C)cc2n1. The average Bonchev–Trinajstić information content (AvgIpc) is 3.37. The number of pyridine rings is 1. The van der Waals surface area contributed by atoms with Gasteiger partial charge >= 0.3 is 6.09 Å². The first kappa shape index (κ1) is 24.7. The number of methoxy groups -OCH3 is 1. The fourth-order valence-electron chi connectivity index (χ4n) is 4.70. The summed E-state index contributed by atoms with van der Waals surface area (Å²) in [5.74, 6) is 1.85. The monoisotopic (exact) mass is 546 g/mol. The number of carboxylic acid groups (broad SMARTS) is 1. The molecule has 10 nitrogen and oxygen atoms in total. The van der Waals surface area contributed by atoms with E-state index in [0.717, 1.165) is 11.1 Å². The highest BCUT2D eigenvalue weighted by atomic mass is 35.5. The van der Waals surface area contributed by atoms with Gasteiger partial charge in [0.1, 0.15) is 12.4 Å². The number of aromatic nitrogens is 3. The highest BCUT2D eigenvalue weighted by Crippen LogP contribution is 2.46. The number of hydrogen-bond acceptors (Lipinski definition) is 8. The molecular weight excluding hydrogens is 524 g/mol. The highest BCUT2D eigenvalue weighted by Gasteiger charge is 2.30. The first-order valence-corrected chi connectivity index (χ1v) is 12.5. The number of nitrogens with zero attached hydrogens (tertiary/aromatic N) is 4. The van der Waals surface area contributed by atoms with E-state index in [9.17, 15) is 9.90 Å². The molecule has 11 heteroatoms. The van der Waals surface area contributed by atoms with Crippen LogP contribution >= 0.6 is 11.6 Å². The molecule has 198 valence electrons. The number of furan rings is 1. The van der Waals surface area contributed by atoms with Crippen LogP contribution in [0.4, 0.5) is 10.5 Å². The van der Waals surface area contributed by atoms with E-state index in [1.165, 1.54) is 4.90 Å². The van der Waals surface area contributed by atoms with Crippen molar-refractivity contribution in [1.29, 1.82) is 0 Å². The Balaban J connectivity index is 1.35. The smallest absolute Gasteiger partial charge is 0.411 e. The topological polar surface area (TPSA) is 120 Å². The zero-order valence-electron chi connectivity index (χ0n) is 21.3. The predicted octanol–water partition coefficient (Wildman–Crippen LogP) is 6.04. The minimum Gasteiger partial charge on any atom is -0.485 e. The van der Waals surface area contributed by atoms with Crippen molar-refractivity contribution in [2.75, 3.05) is 25.2 Å². The number of halogens is 1. The number of ether oxygens (including phenoxy) is 3. The van der Waals surface area contributed by atoms with Gasteiger partial charge in [0.25, 0.3) is 0 Å². The maximum Gasteiger partial charge on any atom is 0.411 e. The van der Waals surface area contributed by atoms with Gasteiger partial charge in [-0.15, -0.1) is 0 Å². The van der Waals surface area contributed by atoms with Crippen molar-refractivity contribution < 1.29 is 28.5 Å². The summed E-state index contributed by atoms with van der Waals surface area (Å²) < 4.78 is 23.7. The van der Waals surface area contributed by atoms with E-state index in [1.54, 1.807) is 44.6 Å². The maximum atomic E-state index is 12.0. The lowest BCUT2D eigenvalue weighted by Gasteiger charge is -2.30. The molecule has 5 aromatic rings. The zero-order chi connectivity index (χ0) is 27.3. The number of anilines is 1. The summed E-state index contributed by atoms with van der Waals surface area (Å²) in [4.78, 5) is 26.4. The Bertz CT molecular complexity index is 1750. The van der Waals surface area contributed by atoms with Crippen LogP contribution in [0, 0.1) is 13.8 Å². The van der Waals surface area contributed by atoms with Gasteiger partial charge in [-0.05, 0) is 49.7 Å². The van der Waals surface area contributed by atoms with E-state index in [4.69, 9.17) is 30.2 Å². The molecule has 3 aromatic heterocycles. The van der Waals surface area contributed by atoms with Crippen LogP contribution in [0.5, 0.6) is 17.4 Å². The van der Waals surface area contributed by atoms with E-state index < -0.39 is 12.2 Å². The van der Waals surface area contributed by atoms with Crippen molar-refractivity contribution in [3.8, 4) is 28.7 Å². The molecule has 2 aromatic carbocycles. The molecule has 6 rings (SSSR count). The standard InChI is InChI=1S/C28H23ClN4O6/c1-14-6-18(25-21(7-14)32-24(36-3)11-31-25)22-9-19-26(39-22)20(29)10-23-27(19)37-13-17(38-23)12-33(28(34)35)16-4-5-30-15(2)8-16/h4-11,17H,12-13H2,1-3H3,(H,34,35)/t17-/m1/s1. The largest absolute Gasteiger partial charge is 0.485 e. The van der Waals surface area contributed by atoms with Gasteiger partial charge in [0.15, 0.2) is 23.2 Å². The van der Waals surface area contributed by atoms with E-state index >= 15 is 0 Å². The number of aryl methyl sites for hydroxylation is 2. The van der Waals surface area contributed by atoms with Gasteiger partial charge in [-0.25, -0.2) is 14.8 Å². The lowest BCUT2D eigenvalue weighted by molar-refractivity contribution is 0.0960. The van der Waals surface area contributed by atoms with E-state index in [1.807, 2.05) is 25.1 Å². The summed E-state index contributed by atoms with van der Waals surface area (Å²) >= 11 is 6.62. The van der Waals surface area contributed by atoms with Crippen molar-refractivity contribution in [2.45, 2.75) is 20.0 Å². The number of benzene rings is 2. The third kappa shape index (κ3) is 4.52. The molecular formula is C28H23ClN4O6. The van der Waals surface area contributed by atoms with Crippen LogP contribution in [0.3, 0.4) is 0 Å². The molecule has 0 aliphatic carbocycles. The van der Waals surface area contributed by atoms with E-state index in [0.29, 0.717) is 61.5 Å². The number of carbonyl (C=O) groups is 1. The quantitative estimate of drug-likeness (QED) is 0.281. The molecule has 39 heavy (non-hydrogen) atoms. The van der Waals surface area contributed by atoms with Crippen molar-refractivity contribution in [1.82, 2.24) is 15.0 Å². The molecule has 0 spiro atoms. The van der Waals surface area contributed by atoms with Crippen LogP contribution in [0.1, 0.15) is 11.3 Å². The Hall–Kier alpha value is -4.57. The summed E-state index contributed by atoms with van der Waals surface area (Å²) in [6.07, 6.45) is 1.46. The van der Waals surface area contributed by atoms with E-state index in [2.05, 4.69) is 15.0 Å². The molecule has 0 bridgehead atoms. The molecule has 1 atom stereocenters. The van der Waals surface area contributed by atoms with Crippen LogP contribution in [0.25, 0.3) is 33.3 Å². The Morgan fingerprint density at radius 3 is 2.82 bits per heavy atom. The second-order valence-electron chi connectivity index (χ2n) is 9.23. The van der Waals surface area contributed by atoms with Crippen LogP contribution in [-0.2, 0) is 0 Å². The summed E-state index contributed by atoms with van der Waals surface area (Å²) in [7, 11) is 1.54. The predicted molar refractivity (Wildman–Crippen MR) is 145 cm³/mol. The molecule has 0 radical (unpaired) electrons. The van der Waals surface area contributed by atoms with Gasteiger partial charge < -0.3 is 23.7 Å². The van der Waals surface area contributed by atoms with Gasteiger partial charge in [0.05, 0.1) is 47.0 Å². The molecule has 1 aliphatic heterocycles.